The molecule has 2 N–H and O–H groups in total. The van der Waals surface area contributed by atoms with E-state index in [1.165, 1.54) is 5.56 Å². The van der Waals surface area contributed by atoms with Gasteiger partial charge >= 0.3 is 0 Å². The van der Waals surface area contributed by atoms with Gasteiger partial charge in [-0.25, -0.2) is 4.68 Å². The minimum atomic E-state index is 0.224. The Morgan fingerprint density at radius 2 is 1.95 bits per heavy atom. The molecule has 114 valence electrons. The number of benzene rings is 1. The fourth-order valence-corrected chi connectivity index (χ4v) is 2.73. The smallest absolute Gasteiger partial charge is 0.0645 e. The second-order valence-electron chi connectivity index (χ2n) is 5.64. The molecule has 2 rings (SSSR count). The van der Waals surface area contributed by atoms with Crippen LogP contribution in [0.1, 0.15) is 38.8 Å². The van der Waals surface area contributed by atoms with Crippen molar-refractivity contribution in [3.63, 3.8) is 0 Å². The number of para-hydroxylation sites is 1. The van der Waals surface area contributed by atoms with E-state index >= 15 is 0 Å². The SMILES string of the molecule is CCCN(C(C)C)C(CN)c1cnn(-c2ccccc2)c1. The minimum absolute atomic E-state index is 0.224. The van der Waals surface area contributed by atoms with Gasteiger partial charge in [-0.1, -0.05) is 25.1 Å². The Morgan fingerprint density at radius 3 is 2.52 bits per heavy atom. The molecule has 1 unspecified atom stereocenters. The first-order chi connectivity index (χ1) is 10.2. The second kappa shape index (κ2) is 7.38. The number of hydrogen-bond acceptors (Lipinski definition) is 3. The van der Waals surface area contributed by atoms with E-state index in [2.05, 4.69) is 49.1 Å². The summed E-state index contributed by atoms with van der Waals surface area (Å²) in [5.41, 5.74) is 8.30. The Hall–Kier alpha value is -1.65. The molecule has 0 saturated carbocycles. The van der Waals surface area contributed by atoms with Crippen LogP contribution < -0.4 is 5.73 Å². The predicted molar refractivity (Wildman–Crippen MR) is 87.5 cm³/mol. The van der Waals surface area contributed by atoms with Crippen molar-refractivity contribution in [2.24, 2.45) is 5.73 Å². The van der Waals surface area contributed by atoms with Gasteiger partial charge in [0.15, 0.2) is 0 Å². The quantitative estimate of drug-likeness (QED) is 0.851. The van der Waals surface area contributed by atoms with Crippen molar-refractivity contribution in [3.05, 3.63) is 48.3 Å². The summed E-state index contributed by atoms with van der Waals surface area (Å²) in [5, 5.41) is 4.49. The molecule has 0 fully saturated rings. The highest BCUT2D eigenvalue weighted by molar-refractivity contribution is 5.31. The Bertz CT molecular complexity index is 533. The summed E-state index contributed by atoms with van der Waals surface area (Å²) < 4.78 is 1.92. The number of aromatic nitrogens is 2. The van der Waals surface area contributed by atoms with E-state index in [0.717, 1.165) is 18.7 Å². The Balaban J connectivity index is 2.25. The Kier molecular flexibility index (Phi) is 5.53. The first-order valence-electron chi connectivity index (χ1n) is 7.73. The fourth-order valence-electron chi connectivity index (χ4n) is 2.73. The monoisotopic (exact) mass is 286 g/mol. The van der Waals surface area contributed by atoms with Gasteiger partial charge in [0.05, 0.1) is 17.9 Å². The van der Waals surface area contributed by atoms with Gasteiger partial charge in [0.2, 0.25) is 0 Å². The van der Waals surface area contributed by atoms with Crippen molar-refractivity contribution in [2.45, 2.75) is 39.3 Å². The van der Waals surface area contributed by atoms with Gasteiger partial charge in [-0.2, -0.15) is 5.10 Å². The fraction of sp³-hybridized carbons (Fsp3) is 0.471. The van der Waals surface area contributed by atoms with Crippen LogP contribution in [0.3, 0.4) is 0 Å². The molecule has 1 aromatic carbocycles. The number of rotatable bonds is 7. The third kappa shape index (κ3) is 3.71. The van der Waals surface area contributed by atoms with Gasteiger partial charge < -0.3 is 5.73 Å². The third-order valence-corrected chi connectivity index (χ3v) is 3.78. The third-order valence-electron chi connectivity index (χ3n) is 3.78. The zero-order chi connectivity index (χ0) is 15.2. The van der Waals surface area contributed by atoms with E-state index in [9.17, 15) is 0 Å². The molecule has 0 spiro atoms. The van der Waals surface area contributed by atoms with E-state index in [1.54, 1.807) is 0 Å². The summed E-state index contributed by atoms with van der Waals surface area (Å²) in [6.07, 6.45) is 5.16. The van der Waals surface area contributed by atoms with Gasteiger partial charge in [0.25, 0.3) is 0 Å². The molecule has 0 aliphatic carbocycles. The van der Waals surface area contributed by atoms with Crippen LogP contribution in [0.25, 0.3) is 5.69 Å². The molecule has 0 radical (unpaired) electrons. The van der Waals surface area contributed by atoms with Crippen LogP contribution in [0.2, 0.25) is 0 Å². The summed E-state index contributed by atoms with van der Waals surface area (Å²) >= 11 is 0. The molecule has 4 heteroatoms. The lowest BCUT2D eigenvalue weighted by atomic mass is 10.1. The van der Waals surface area contributed by atoms with Crippen molar-refractivity contribution in [3.8, 4) is 5.69 Å². The largest absolute Gasteiger partial charge is 0.329 e. The topological polar surface area (TPSA) is 47.1 Å². The molecule has 0 aliphatic rings. The zero-order valence-corrected chi connectivity index (χ0v) is 13.2. The van der Waals surface area contributed by atoms with Crippen LogP contribution in [0.4, 0.5) is 0 Å². The standard InChI is InChI=1S/C17H26N4/c1-4-10-20(14(2)3)17(11-18)15-12-19-21(13-15)16-8-6-5-7-9-16/h5-9,12-14,17H,4,10-11,18H2,1-3H3. The molecule has 0 saturated heterocycles. The van der Waals surface area contributed by atoms with Crippen molar-refractivity contribution in [2.75, 3.05) is 13.1 Å². The molecule has 0 aliphatic heterocycles. The first kappa shape index (κ1) is 15.7. The van der Waals surface area contributed by atoms with Gasteiger partial charge in [0, 0.05) is 24.3 Å². The maximum absolute atomic E-state index is 6.04. The van der Waals surface area contributed by atoms with Crippen LogP contribution in [0, 0.1) is 0 Å². The first-order valence-corrected chi connectivity index (χ1v) is 7.73. The van der Waals surface area contributed by atoms with Crippen molar-refractivity contribution in [1.82, 2.24) is 14.7 Å². The van der Waals surface area contributed by atoms with Crippen LogP contribution >= 0.6 is 0 Å². The second-order valence-corrected chi connectivity index (χ2v) is 5.64. The zero-order valence-electron chi connectivity index (χ0n) is 13.2. The van der Waals surface area contributed by atoms with E-state index in [-0.39, 0.29) is 6.04 Å². The molecule has 4 nitrogen and oxygen atoms in total. The Morgan fingerprint density at radius 1 is 1.24 bits per heavy atom. The van der Waals surface area contributed by atoms with Crippen LogP contribution in [-0.2, 0) is 0 Å². The lowest BCUT2D eigenvalue weighted by Gasteiger charge is -2.33. The molecular formula is C17H26N4. The van der Waals surface area contributed by atoms with Crippen LogP contribution in [0.5, 0.6) is 0 Å². The van der Waals surface area contributed by atoms with Crippen molar-refractivity contribution < 1.29 is 0 Å². The van der Waals surface area contributed by atoms with E-state index in [1.807, 2.05) is 29.1 Å². The number of nitrogens with two attached hydrogens (primary N) is 1. The highest BCUT2D eigenvalue weighted by atomic mass is 15.3. The molecular weight excluding hydrogens is 260 g/mol. The van der Waals surface area contributed by atoms with Gasteiger partial charge in [-0.15, -0.1) is 0 Å². The van der Waals surface area contributed by atoms with Crippen molar-refractivity contribution in [1.29, 1.82) is 0 Å². The van der Waals surface area contributed by atoms with Crippen molar-refractivity contribution >= 4 is 0 Å². The average molecular weight is 286 g/mol. The van der Waals surface area contributed by atoms with Crippen LogP contribution in [0.15, 0.2) is 42.7 Å². The molecule has 1 atom stereocenters. The highest BCUT2D eigenvalue weighted by Crippen LogP contribution is 2.23. The molecule has 0 amide bonds. The van der Waals surface area contributed by atoms with Gasteiger partial charge in [0.1, 0.15) is 0 Å². The molecule has 2 aromatic rings. The molecule has 0 bridgehead atoms. The maximum Gasteiger partial charge on any atom is 0.0645 e. The lowest BCUT2D eigenvalue weighted by Crippen LogP contribution is -2.39. The average Bonchev–Trinajstić information content (AvgIpc) is 2.97. The Labute approximate surface area is 127 Å². The summed E-state index contributed by atoms with van der Waals surface area (Å²) in [7, 11) is 0. The summed E-state index contributed by atoms with van der Waals surface area (Å²) in [6, 6.07) is 10.9. The minimum Gasteiger partial charge on any atom is -0.329 e. The normalized spacial score (nSPS) is 13.0. The van der Waals surface area contributed by atoms with Gasteiger partial charge in [-0.3, -0.25) is 4.90 Å². The number of nitrogens with zero attached hydrogens (tertiary/aromatic N) is 3. The number of hydrogen-bond donors (Lipinski definition) is 1. The van der Waals surface area contributed by atoms with Gasteiger partial charge in [-0.05, 0) is 38.9 Å². The molecule has 1 aromatic heterocycles. The van der Waals surface area contributed by atoms with E-state index in [0.29, 0.717) is 12.6 Å². The molecule has 21 heavy (non-hydrogen) atoms. The summed E-state index contributed by atoms with van der Waals surface area (Å²) in [4.78, 5) is 2.45. The van der Waals surface area contributed by atoms with Crippen LogP contribution in [-0.4, -0.2) is 33.8 Å². The van der Waals surface area contributed by atoms with E-state index < -0.39 is 0 Å². The summed E-state index contributed by atoms with van der Waals surface area (Å²) in [5.74, 6) is 0. The summed E-state index contributed by atoms with van der Waals surface area (Å²) in [6.45, 7) is 8.31. The van der Waals surface area contributed by atoms with E-state index in [4.69, 9.17) is 5.73 Å². The highest BCUT2D eigenvalue weighted by Gasteiger charge is 2.22. The predicted octanol–water partition coefficient (Wildman–Crippen LogP) is 2.99. The lowest BCUT2D eigenvalue weighted by molar-refractivity contribution is 0.157. The molecule has 1 heterocycles. The maximum atomic E-state index is 6.04.